The molecule has 0 saturated heterocycles. The molecule has 7 heteroatoms. The second-order valence-electron chi connectivity index (χ2n) is 4.38. The van der Waals surface area contributed by atoms with E-state index in [-0.39, 0.29) is 13.2 Å². The maximum atomic E-state index is 11.9. The number of nitrogens with one attached hydrogen (secondary N) is 1. The molecule has 0 saturated carbocycles. The molecule has 1 aliphatic rings. The molecule has 1 aromatic rings. The van der Waals surface area contributed by atoms with E-state index in [1.54, 1.807) is 18.2 Å². The number of hydrogen-bond acceptors (Lipinski definition) is 6. The van der Waals surface area contributed by atoms with Crippen molar-refractivity contribution in [1.29, 1.82) is 0 Å². The number of thiol groups is 1. The molecule has 21 heavy (non-hydrogen) atoms. The van der Waals surface area contributed by atoms with E-state index in [1.807, 2.05) is 6.07 Å². The number of ether oxygens (including phenoxy) is 3. The minimum atomic E-state index is -0.773. The van der Waals surface area contributed by atoms with Gasteiger partial charge in [0.2, 0.25) is 6.10 Å². The van der Waals surface area contributed by atoms with Crippen molar-refractivity contribution in [2.75, 3.05) is 25.5 Å². The Kier molecular flexibility index (Phi) is 5.74. The van der Waals surface area contributed by atoms with Crippen LogP contribution in [-0.2, 0) is 14.3 Å². The van der Waals surface area contributed by atoms with Crippen molar-refractivity contribution in [1.82, 2.24) is 5.32 Å². The maximum Gasteiger partial charge on any atom is 0.325 e. The van der Waals surface area contributed by atoms with Crippen LogP contribution < -0.4 is 14.8 Å². The van der Waals surface area contributed by atoms with Crippen LogP contribution in [0.3, 0.4) is 0 Å². The Balaban J connectivity index is 1.76. The first-order chi connectivity index (χ1) is 10.2. The van der Waals surface area contributed by atoms with Gasteiger partial charge in [0.1, 0.15) is 13.2 Å². The highest BCUT2D eigenvalue weighted by molar-refractivity contribution is 7.80. The third-order valence-electron chi connectivity index (χ3n) is 2.77. The average molecular weight is 311 g/mol. The Labute approximate surface area is 128 Å². The van der Waals surface area contributed by atoms with Gasteiger partial charge in [0.25, 0.3) is 5.91 Å². The van der Waals surface area contributed by atoms with Gasteiger partial charge in [0.15, 0.2) is 11.5 Å². The van der Waals surface area contributed by atoms with E-state index in [9.17, 15) is 9.59 Å². The molecule has 0 aliphatic carbocycles. The number of para-hydroxylation sites is 2. The smallest absolute Gasteiger partial charge is 0.325 e. The van der Waals surface area contributed by atoms with Gasteiger partial charge in [-0.1, -0.05) is 12.1 Å². The van der Waals surface area contributed by atoms with Gasteiger partial charge in [-0.2, -0.15) is 12.6 Å². The molecule has 1 amide bonds. The van der Waals surface area contributed by atoms with Crippen molar-refractivity contribution in [3.8, 4) is 11.5 Å². The minimum Gasteiger partial charge on any atom is -0.485 e. The molecule has 1 heterocycles. The number of amides is 1. The molecule has 2 rings (SSSR count). The number of carbonyl (C=O) groups excluding carboxylic acids is 2. The highest BCUT2D eigenvalue weighted by atomic mass is 32.1. The Morgan fingerprint density at radius 2 is 2.10 bits per heavy atom. The minimum absolute atomic E-state index is 0.109. The van der Waals surface area contributed by atoms with E-state index in [2.05, 4.69) is 17.9 Å². The van der Waals surface area contributed by atoms with Crippen LogP contribution >= 0.6 is 12.6 Å². The van der Waals surface area contributed by atoms with E-state index in [4.69, 9.17) is 14.2 Å². The molecule has 0 bridgehead atoms. The van der Waals surface area contributed by atoms with Gasteiger partial charge in [-0.15, -0.1) is 0 Å². The summed E-state index contributed by atoms with van der Waals surface area (Å²) in [6.45, 7) is 0.221. The first-order valence-electron chi connectivity index (χ1n) is 6.63. The lowest BCUT2D eigenvalue weighted by Gasteiger charge is -2.25. The molecular formula is C14H17NO5S. The SMILES string of the molecule is O=C(CNC(=O)C1COc2ccccc2O1)OCCCS. The Hall–Kier alpha value is -1.89. The summed E-state index contributed by atoms with van der Waals surface area (Å²) in [6.07, 6.45) is -0.0933. The molecular weight excluding hydrogens is 294 g/mol. The Morgan fingerprint density at radius 1 is 1.33 bits per heavy atom. The number of benzene rings is 1. The molecule has 0 radical (unpaired) electrons. The van der Waals surface area contributed by atoms with E-state index in [0.717, 1.165) is 0 Å². The van der Waals surface area contributed by atoms with Crippen molar-refractivity contribution in [2.45, 2.75) is 12.5 Å². The summed E-state index contributed by atoms with van der Waals surface area (Å²) in [7, 11) is 0. The molecule has 0 aromatic heterocycles. The predicted octanol–water partition coefficient (Wildman–Crippen LogP) is 0.806. The lowest BCUT2D eigenvalue weighted by atomic mass is 10.2. The van der Waals surface area contributed by atoms with E-state index in [1.165, 1.54) is 0 Å². The fraction of sp³-hybridized carbons (Fsp3) is 0.429. The molecule has 114 valence electrons. The van der Waals surface area contributed by atoms with Gasteiger partial charge in [-0.05, 0) is 24.3 Å². The van der Waals surface area contributed by atoms with Crippen LogP contribution in [0, 0.1) is 0 Å². The van der Waals surface area contributed by atoms with Crippen LogP contribution in [0.4, 0.5) is 0 Å². The van der Waals surface area contributed by atoms with E-state index >= 15 is 0 Å². The third-order valence-corrected chi connectivity index (χ3v) is 3.09. The van der Waals surface area contributed by atoms with Crippen molar-refractivity contribution in [2.24, 2.45) is 0 Å². The van der Waals surface area contributed by atoms with Gasteiger partial charge in [0.05, 0.1) is 6.61 Å². The topological polar surface area (TPSA) is 73.9 Å². The van der Waals surface area contributed by atoms with Crippen molar-refractivity contribution in [3.05, 3.63) is 24.3 Å². The van der Waals surface area contributed by atoms with Gasteiger partial charge < -0.3 is 19.5 Å². The van der Waals surface area contributed by atoms with Gasteiger partial charge >= 0.3 is 5.97 Å². The Morgan fingerprint density at radius 3 is 2.86 bits per heavy atom. The number of esters is 1. The average Bonchev–Trinajstić information content (AvgIpc) is 2.52. The highest BCUT2D eigenvalue weighted by Crippen LogP contribution is 2.30. The molecule has 1 unspecified atom stereocenters. The number of carbonyl (C=O) groups is 2. The van der Waals surface area contributed by atoms with Crippen LogP contribution in [0.5, 0.6) is 11.5 Å². The fourth-order valence-electron chi connectivity index (χ4n) is 1.72. The lowest BCUT2D eigenvalue weighted by Crippen LogP contribution is -2.45. The highest BCUT2D eigenvalue weighted by Gasteiger charge is 2.27. The van der Waals surface area contributed by atoms with Gasteiger partial charge in [-0.3, -0.25) is 9.59 Å². The summed E-state index contributed by atoms with van der Waals surface area (Å²) in [6, 6.07) is 7.10. The number of hydrogen-bond donors (Lipinski definition) is 2. The van der Waals surface area contributed by atoms with Crippen molar-refractivity contribution >= 4 is 24.5 Å². The summed E-state index contributed by atoms with van der Waals surface area (Å²) < 4.78 is 15.9. The predicted molar refractivity (Wildman–Crippen MR) is 78.8 cm³/mol. The molecule has 1 aliphatic heterocycles. The monoisotopic (exact) mass is 311 g/mol. The summed E-state index contributed by atoms with van der Waals surface area (Å²) in [4.78, 5) is 23.3. The normalized spacial score (nSPS) is 16.1. The number of fused-ring (bicyclic) bond motifs is 1. The van der Waals surface area contributed by atoms with E-state index in [0.29, 0.717) is 30.3 Å². The van der Waals surface area contributed by atoms with Crippen LogP contribution in [0.25, 0.3) is 0 Å². The maximum absolute atomic E-state index is 11.9. The zero-order valence-corrected chi connectivity index (χ0v) is 12.3. The number of rotatable bonds is 6. The largest absolute Gasteiger partial charge is 0.485 e. The van der Waals surface area contributed by atoms with Crippen LogP contribution in [-0.4, -0.2) is 43.5 Å². The lowest BCUT2D eigenvalue weighted by molar-refractivity contribution is -0.145. The van der Waals surface area contributed by atoms with Crippen LogP contribution in [0.1, 0.15) is 6.42 Å². The zero-order chi connectivity index (χ0) is 15.1. The third kappa shape index (κ3) is 4.56. The molecule has 1 atom stereocenters. The molecule has 0 fully saturated rings. The molecule has 1 aromatic carbocycles. The summed E-state index contributed by atoms with van der Waals surface area (Å²) in [5, 5.41) is 2.47. The first-order valence-corrected chi connectivity index (χ1v) is 7.26. The van der Waals surface area contributed by atoms with Gasteiger partial charge in [-0.25, -0.2) is 0 Å². The van der Waals surface area contributed by atoms with Crippen LogP contribution in [0.15, 0.2) is 24.3 Å². The standard InChI is InChI=1S/C14H17NO5S/c16-13(18-6-3-7-21)8-15-14(17)12-9-19-10-4-1-2-5-11(10)20-12/h1-2,4-5,12,21H,3,6-9H2,(H,15,17). The summed E-state index contributed by atoms with van der Waals surface area (Å²) in [5.74, 6) is 0.873. The van der Waals surface area contributed by atoms with Crippen molar-refractivity contribution in [3.63, 3.8) is 0 Å². The molecule has 1 N–H and O–H groups in total. The quantitative estimate of drug-likeness (QED) is 0.462. The first kappa shape index (κ1) is 15.5. The second kappa shape index (κ2) is 7.78. The fourth-order valence-corrected chi connectivity index (χ4v) is 1.85. The zero-order valence-electron chi connectivity index (χ0n) is 11.4. The van der Waals surface area contributed by atoms with Crippen molar-refractivity contribution < 1.29 is 23.8 Å². The van der Waals surface area contributed by atoms with E-state index < -0.39 is 18.0 Å². The van der Waals surface area contributed by atoms with Gasteiger partial charge in [0, 0.05) is 0 Å². The molecule has 0 spiro atoms. The summed E-state index contributed by atoms with van der Waals surface area (Å²) >= 11 is 4.01. The molecule has 6 nitrogen and oxygen atoms in total. The second-order valence-corrected chi connectivity index (χ2v) is 4.83. The summed E-state index contributed by atoms with van der Waals surface area (Å²) in [5.41, 5.74) is 0. The van der Waals surface area contributed by atoms with Crippen LogP contribution in [0.2, 0.25) is 0 Å². The Bertz CT molecular complexity index is 508.